The van der Waals surface area contributed by atoms with Crippen molar-refractivity contribution in [2.45, 2.75) is 6.92 Å². The Morgan fingerprint density at radius 3 is 2.35 bits per heavy atom. The Hall–Kier alpha value is -2.58. The number of ether oxygens (including phenoxy) is 1. The summed E-state index contributed by atoms with van der Waals surface area (Å²) >= 11 is 0. The molecule has 1 aromatic carbocycles. The molecule has 0 aliphatic carbocycles. The highest BCUT2D eigenvalue weighted by Crippen LogP contribution is 2.26. The van der Waals surface area contributed by atoms with E-state index in [1.165, 1.54) is 0 Å². The molecule has 7 N–H and O–H groups in total. The van der Waals surface area contributed by atoms with E-state index in [1.807, 2.05) is 31.2 Å². The van der Waals surface area contributed by atoms with Gasteiger partial charge in [0.15, 0.2) is 0 Å². The number of hydrogen-bond donors (Lipinski definition) is 5. The van der Waals surface area contributed by atoms with Crippen LogP contribution < -0.4 is 32.6 Å². The van der Waals surface area contributed by atoms with Gasteiger partial charge >= 0.3 is 0 Å². The zero-order valence-electron chi connectivity index (χ0n) is 11.1. The second-order valence-electron chi connectivity index (χ2n) is 3.80. The lowest BCUT2D eigenvalue weighted by molar-refractivity contribution is 0.342. The van der Waals surface area contributed by atoms with Crippen LogP contribution in [0.5, 0.6) is 5.75 Å². The summed E-state index contributed by atoms with van der Waals surface area (Å²) in [6.07, 6.45) is 0. The molecule has 2 aromatic rings. The lowest BCUT2D eigenvalue weighted by Gasteiger charge is -2.12. The zero-order valence-corrected chi connectivity index (χ0v) is 11.1. The number of nitrogens with one attached hydrogen (secondary N) is 3. The molecule has 106 valence electrons. The number of nitrogens with two attached hydrogens (primary N) is 2. The topological polar surface area (TPSA) is 123 Å². The number of benzene rings is 1. The van der Waals surface area contributed by atoms with Crippen molar-refractivity contribution >= 4 is 23.3 Å². The van der Waals surface area contributed by atoms with Gasteiger partial charge in [0.2, 0.25) is 5.95 Å². The van der Waals surface area contributed by atoms with Gasteiger partial charge in [-0.15, -0.1) is 0 Å². The Labute approximate surface area is 116 Å². The largest absolute Gasteiger partial charge is 0.492 e. The summed E-state index contributed by atoms with van der Waals surface area (Å²) in [4.78, 5) is 8.37. The monoisotopic (exact) mass is 275 g/mol. The molecule has 0 bridgehead atoms. The van der Waals surface area contributed by atoms with Crippen LogP contribution in [0.25, 0.3) is 0 Å². The molecule has 0 saturated heterocycles. The number of aromatic nitrogens is 2. The zero-order chi connectivity index (χ0) is 14.4. The second-order valence-corrected chi connectivity index (χ2v) is 3.80. The highest BCUT2D eigenvalue weighted by atomic mass is 16.5. The summed E-state index contributed by atoms with van der Waals surface area (Å²) in [5.41, 5.74) is 5.66. The second kappa shape index (κ2) is 6.55. The average molecular weight is 275 g/mol. The maximum absolute atomic E-state index is 5.52. The summed E-state index contributed by atoms with van der Waals surface area (Å²) in [7, 11) is 0. The van der Waals surface area contributed by atoms with Crippen LogP contribution in [-0.4, -0.2) is 16.6 Å². The Balaban J connectivity index is 2.29. The maximum atomic E-state index is 5.52. The molecule has 2 rings (SSSR count). The van der Waals surface area contributed by atoms with Crippen LogP contribution in [0.4, 0.5) is 23.3 Å². The summed E-state index contributed by atoms with van der Waals surface area (Å²) in [6.45, 7) is 2.49. The first-order valence-corrected chi connectivity index (χ1v) is 6.08. The predicted octanol–water partition coefficient (Wildman–Crippen LogP) is 1.19. The van der Waals surface area contributed by atoms with Crippen molar-refractivity contribution in [3.8, 4) is 5.75 Å². The van der Waals surface area contributed by atoms with Gasteiger partial charge in [-0.3, -0.25) is 0 Å². The Bertz CT molecular complexity index is 553. The third-order valence-electron chi connectivity index (χ3n) is 2.46. The Morgan fingerprint density at radius 1 is 1.10 bits per heavy atom. The number of hydrazine groups is 2. The normalized spacial score (nSPS) is 9.95. The fourth-order valence-corrected chi connectivity index (χ4v) is 1.62. The van der Waals surface area contributed by atoms with Crippen LogP contribution in [0.1, 0.15) is 6.92 Å². The van der Waals surface area contributed by atoms with Gasteiger partial charge in [-0.1, -0.05) is 12.1 Å². The van der Waals surface area contributed by atoms with E-state index < -0.39 is 0 Å². The van der Waals surface area contributed by atoms with E-state index >= 15 is 0 Å². The molecule has 1 heterocycles. The van der Waals surface area contributed by atoms with Crippen LogP contribution in [0.15, 0.2) is 30.3 Å². The maximum Gasteiger partial charge on any atom is 0.231 e. The van der Waals surface area contributed by atoms with E-state index in [0.29, 0.717) is 29.9 Å². The summed E-state index contributed by atoms with van der Waals surface area (Å²) < 4.78 is 5.52. The van der Waals surface area contributed by atoms with Gasteiger partial charge in [-0.2, -0.15) is 9.97 Å². The van der Waals surface area contributed by atoms with E-state index in [2.05, 4.69) is 26.1 Å². The van der Waals surface area contributed by atoms with Crippen LogP contribution in [0, 0.1) is 0 Å². The van der Waals surface area contributed by atoms with Crippen LogP contribution in [0.3, 0.4) is 0 Å². The van der Waals surface area contributed by atoms with Crippen molar-refractivity contribution in [2.75, 3.05) is 22.8 Å². The van der Waals surface area contributed by atoms with Crippen LogP contribution in [-0.2, 0) is 0 Å². The molecule has 0 aliphatic rings. The van der Waals surface area contributed by atoms with E-state index in [9.17, 15) is 0 Å². The molecule has 0 unspecified atom stereocenters. The number of nitrogens with zero attached hydrogens (tertiary/aromatic N) is 2. The summed E-state index contributed by atoms with van der Waals surface area (Å²) in [6, 6.07) is 9.09. The van der Waals surface area contributed by atoms with E-state index in [4.69, 9.17) is 16.4 Å². The standard InChI is InChI=1S/C12H17N7O/c1-2-20-9-6-4-3-5-8(9)15-12-16-10(18-13)7-11(17-12)19-14/h3-7H,2,13-14H2,1H3,(H3,15,16,17,18,19). The SMILES string of the molecule is CCOc1ccccc1Nc1nc(NN)cc(NN)n1. The third-order valence-corrected chi connectivity index (χ3v) is 2.46. The van der Waals surface area contributed by atoms with Gasteiger partial charge in [0.25, 0.3) is 0 Å². The number of hydrogen-bond acceptors (Lipinski definition) is 8. The van der Waals surface area contributed by atoms with Gasteiger partial charge in [0.05, 0.1) is 12.3 Å². The number of rotatable bonds is 6. The number of anilines is 4. The minimum atomic E-state index is 0.348. The highest BCUT2D eigenvalue weighted by Gasteiger charge is 2.07. The number of para-hydroxylation sites is 2. The van der Waals surface area contributed by atoms with Crippen LogP contribution in [0.2, 0.25) is 0 Å². The van der Waals surface area contributed by atoms with Crippen molar-refractivity contribution in [1.82, 2.24) is 9.97 Å². The van der Waals surface area contributed by atoms with E-state index in [1.54, 1.807) is 6.07 Å². The Kier molecular flexibility index (Phi) is 4.53. The van der Waals surface area contributed by atoms with Gasteiger partial charge in [0.1, 0.15) is 17.4 Å². The molecular weight excluding hydrogens is 258 g/mol. The first kappa shape index (κ1) is 13.8. The minimum absolute atomic E-state index is 0.348. The molecule has 0 aliphatic heterocycles. The Morgan fingerprint density at radius 2 is 1.75 bits per heavy atom. The van der Waals surface area contributed by atoms with Crippen molar-refractivity contribution in [1.29, 1.82) is 0 Å². The molecule has 20 heavy (non-hydrogen) atoms. The molecule has 0 fully saturated rings. The van der Waals surface area contributed by atoms with Crippen molar-refractivity contribution < 1.29 is 4.74 Å². The quantitative estimate of drug-likeness (QED) is 0.393. The molecule has 0 atom stereocenters. The number of nitrogen functional groups attached to an aromatic ring is 2. The lowest BCUT2D eigenvalue weighted by atomic mass is 10.3. The molecule has 0 radical (unpaired) electrons. The first-order chi connectivity index (χ1) is 9.76. The molecule has 0 amide bonds. The van der Waals surface area contributed by atoms with Gasteiger partial charge in [0, 0.05) is 6.07 Å². The average Bonchev–Trinajstić information content (AvgIpc) is 2.49. The molecular formula is C12H17N7O. The van der Waals surface area contributed by atoms with Crippen molar-refractivity contribution in [2.24, 2.45) is 11.7 Å². The predicted molar refractivity (Wildman–Crippen MR) is 78.5 cm³/mol. The fraction of sp³-hybridized carbons (Fsp3) is 0.167. The highest BCUT2D eigenvalue weighted by molar-refractivity contribution is 5.64. The molecule has 1 aromatic heterocycles. The fourth-order valence-electron chi connectivity index (χ4n) is 1.62. The van der Waals surface area contributed by atoms with E-state index in [-0.39, 0.29) is 0 Å². The van der Waals surface area contributed by atoms with Gasteiger partial charge in [-0.05, 0) is 19.1 Å². The van der Waals surface area contributed by atoms with Gasteiger partial charge in [-0.25, -0.2) is 11.7 Å². The van der Waals surface area contributed by atoms with Crippen molar-refractivity contribution in [3.63, 3.8) is 0 Å². The first-order valence-electron chi connectivity index (χ1n) is 6.08. The van der Waals surface area contributed by atoms with Crippen molar-refractivity contribution in [3.05, 3.63) is 30.3 Å². The molecule has 8 heteroatoms. The molecule has 8 nitrogen and oxygen atoms in total. The third kappa shape index (κ3) is 3.25. The molecule has 0 saturated carbocycles. The smallest absolute Gasteiger partial charge is 0.231 e. The van der Waals surface area contributed by atoms with Crippen LogP contribution >= 0.6 is 0 Å². The van der Waals surface area contributed by atoms with E-state index in [0.717, 1.165) is 5.69 Å². The summed E-state index contributed by atoms with van der Waals surface area (Å²) in [5.74, 6) is 12.6. The minimum Gasteiger partial charge on any atom is -0.492 e. The van der Waals surface area contributed by atoms with Gasteiger partial charge < -0.3 is 20.9 Å². The summed E-state index contributed by atoms with van der Waals surface area (Å²) in [5, 5.41) is 3.07. The lowest BCUT2D eigenvalue weighted by Crippen LogP contribution is -2.14. The molecule has 0 spiro atoms.